The number of aryl methyl sites for hydroxylation is 1. The molecular weight excluding hydrogens is 218 g/mol. The Morgan fingerprint density at radius 2 is 2.40 bits per heavy atom. The van der Waals surface area contributed by atoms with Crippen LogP contribution < -0.4 is 4.72 Å². The summed E-state index contributed by atoms with van der Waals surface area (Å²) < 4.78 is 30.0. The zero-order valence-corrected chi connectivity index (χ0v) is 9.21. The second kappa shape index (κ2) is 4.31. The number of hydrogen-bond donors (Lipinski definition) is 1. The Bertz CT molecular complexity index is 472. The van der Waals surface area contributed by atoms with E-state index in [1.807, 2.05) is 0 Å². The molecule has 0 spiro atoms. The van der Waals surface area contributed by atoms with Gasteiger partial charge >= 0.3 is 0 Å². The predicted octanol–water partition coefficient (Wildman–Crippen LogP) is 1.03. The van der Waals surface area contributed by atoms with Gasteiger partial charge in [-0.1, -0.05) is 12.1 Å². The molecule has 0 aliphatic rings. The molecule has 0 aliphatic heterocycles. The molecule has 0 saturated carbocycles. The number of rotatable bonds is 4. The van der Waals surface area contributed by atoms with Gasteiger partial charge in [0.15, 0.2) is 5.25 Å². The van der Waals surface area contributed by atoms with Crippen LogP contribution in [0.15, 0.2) is 10.6 Å². The Kier molecular flexibility index (Phi) is 3.31. The van der Waals surface area contributed by atoms with Crippen molar-refractivity contribution in [2.24, 2.45) is 0 Å². The number of nitrogens with zero attached hydrogens (tertiary/aromatic N) is 2. The quantitative estimate of drug-likeness (QED) is 0.831. The maximum absolute atomic E-state index is 11.6. The van der Waals surface area contributed by atoms with Crippen molar-refractivity contribution in [2.45, 2.75) is 25.5 Å². The van der Waals surface area contributed by atoms with Crippen LogP contribution in [0.2, 0.25) is 0 Å². The molecule has 0 aromatic carbocycles. The number of nitriles is 1. The predicted molar refractivity (Wildman–Crippen MR) is 53.5 cm³/mol. The molecule has 82 valence electrons. The third kappa shape index (κ3) is 2.70. The molecule has 0 amide bonds. The molecule has 1 aromatic heterocycles. The average Bonchev–Trinajstić information content (AvgIpc) is 2.51. The summed E-state index contributed by atoms with van der Waals surface area (Å²) in [6.45, 7) is 3.29. The zero-order chi connectivity index (χ0) is 11.5. The molecule has 0 bridgehead atoms. The Morgan fingerprint density at radius 3 is 2.80 bits per heavy atom. The summed E-state index contributed by atoms with van der Waals surface area (Å²) >= 11 is 0. The van der Waals surface area contributed by atoms with E-state index in [4.69, 9.17) is 5.26 Å². The Morgan fingerprint density at radius 1 is 1.73 bits per heavy atom. The summed E-state index contributed by atoms with van der Waals surface area (Å²) in [6, 6.07) is 3.15. The highest BCUT2D eigenvalue weighted by Gasteiger charge is 2.24. The van der Waals surface area contributed by atoms with Crippen molar-refractivity contribution in [3.05, 3.63) is 11.8 Å². The zero-order valence-electron chi connectivity index (χ0n) is 8.39. The van der Waals surface area contributed by atoms with Gasteiger partial charge in [0, 0.05) is 6.07 Å². The lowest BCUT2D eigenvalue weighted by molar-refractivity contribution is 0.430. The van der Waals surface area contributed by atoms with E-state index in [2.05, 4.69) is 14.4 Å². The molecule has 6 nitrogen and oxygen atoms in total. The second-order valence-corrected chi connectivity index (χ2v) is 4.87. The third-order valence-corrected chi connectivity index (χ3v) is 3.43. The van der Waals surface area contributed by atoms with E-state index in [1.165, 1.54) is 6.07 Å². The summed E-state index contributed by atoms with van der Waals surface area (Å²) in [7, 11) is -3.71. The van der Waals surface area contributed by atoms with Crippen molar-refractivity contribution in [3.63, 3.8) is 0 Å². The Balaban J connectivity index is 2.86. The van der Waals surface area contributed by atoms with Gasteiger partial charge in [-0.05, 0) is 13.3 Å². The number of nitrogens with one attached hydrogen (secondary N) is 1. The van der Waals surface area contributed by atoms with Gasteiger partial charge in [-0.2, -0.15) is 5.26 Å². The summed E-state index contributed by atoms with van der Waals surface area (Å²) in [5.74, 6) is 0.0289. The number of sulfonamides is 1. The van der Waals surface area contributed by atoms with Gasteiger partial charge < -0.3 is 4.52 Å². The number of aromatic nitrogens is 1. The van der Waals surface area contributed by atoms with Crippen molar-refractivity contribution in [1.29, 1.82) is 5.26 Å². The van der Waals surface area contributed by atoms with E-state index in [0.29, 0.717) is 5.69 Å². The monoisotopic (exact) mass is 229 g/mol. The minimum absolute atomic E-state index is 0.0289. The molecule has 1 heterocycles. The smallest absolute Gasteiger partial charge is 0.251 e. The molecular formula is C8H11N3O3S. The summed E-state index contributed by atoms with van der Waals surface area (Å²) in [5, 5.41) is 11.1. The molecule has 1 N–H and O–H groups in total. The number of hydrogen-bond acceptors (Lipinski definition) is 5. The molecule has 1 rings (SSSR count). The minimum atomic E-state index is -3.71. The van der Waals surface area contributed by atoms with E-state index in [-0.39, 0.29) is 12.3 Å². The molecule has 7 heteroatoms. The lowest BCUT2D eigenvalue weighted by Crippen LogP contribution is -2.25. The van der Waals surface area contributed by atoms with Crippen LogP contribution in [0.4, 0.5) is 5.88 Å². The number of anilines is 1. The van der Waals surface area contributed by atoms with Crippen molar-refractivity contribution in [1.82, 2.24) is 5.16 Å². The van der Waals surface area contributed by atoms with Crippen LogP contribution in [0.5, 0.6) is 0 Å². The first-order chi connectivity index (χ1) is 6.99. The van der Waals surface area contributed by atoms with Gasteiger partial charge in [0.1, 0.15) is 0 Å². The van der Waals surface area contributed by atoms with Gasteiger partial charge in [0.2, 0.25) is 5.88 Å². The lowest BCUT2D eigenvalue weighted by Gasteiger charge is -2.07. The first-order valence-electron chi connectivity index (χ1n) is 4.34. The van der Waals surface area contributed by atoms with E-state index >= 15 is 0 Å². The van der Waals surface area contributed by atoms with Crippen molar-refractivity contribution < 1.29 is 12.9 Å². The van der Waals surface area contributed by atoms with Gasteiger partial charge in [0.05, 0.1) is 11.8 Å². The third-order valence-electron chi connectivity index (χ3n) is 1.76. The molecule has 15 heavy (non-hydrogen) atoms. The average molecular weight is 229 g/mol. The molecule has 1 aromatic rings. The highest BCUT2D eigenvalue weighted by molar-refractivity contribution is 7.93. The highest BCUT2D eigenvalue weighted by atomic mass is 32.2. The minimum Gasteiger partial charge on any atom is -0.338 e. The van der Waals surface area contributed by atoms with E-state index in [9.17, 15) is 8.42 Å². The fourth-order valence-electron chi connectivity index (χ4n) is 1.00. The fourth-order valence-corrected chi connectivity index (χ4v) is 2.10. The van der Waals surface area contributed by atoms with Crippen molar-refractivity contribution >= 4 is 15.9 Å². The SMILES string of the molecule is CCC(C#N)S(=O)(=O)Nc1cc(C)no1. The van der Waals surface area contributed by atoms with Gasteiger partial charge in [-0.15, -0.1) is 0 Å². The summed E-state index contributed by atoms with van der Waals surface area (Å²) in [4.78, 5) is 0. The van der Waals surface area contributed by atoms with E-state index in [0.717, 1.165) is 0 Å². The van der Waals surface area contributed by atoms with Gasteiger partial charge in [-0.3, -0.25) is 0 Å². The van der Waals surface area contributed by atoms with Gasteiger partial charge in [-0.25, -0.2) is 13.1 Å². The first-order valence-corrected chi connectivity index (χ1v) is 5.88. The van der Waals surface area contributed by atoms with Crippen molar-refractivity contribution in [3.8, 4) is 6.07 Å². The molecule has 0 fully saturated rings. The molecule has 0 saturated heterocycles. The van der Waals surface area contributed by atoms with Gasteiger partial charge in [0.25, 0.3) is 10.0 Å². The lowest BCUT2D eigenvalue weighted by atomic mass is 10.4. The largest absolute Gasteiger partial charge is 0.338 e. The summed E-state index contributed by atoms with van der Waals surface area (Å²) in [5.41, 5.74) is 0.567. The Labute approximate surface area is 87.9 Å². The topological polar surface area (TPSA) is 96.0 Å². The molecule has 0 aliphatic carbocycles. The standard InChI is InChI=1S/C8H11N3O3S/c1-3-7(5-9)15(12,13)11-8-4-6(2)10-14-8/h4,7,11H,3H2,1-2H3. The van der Waals surface area contributed by atoms with Crippen LogP contribution in [0, 0.1) is 18.3 Å². The molecule has 1 atom stereocenters. The molecule has 0 radical (unpaired) electrons. The van der Waals surface area contributed by atoms with Crippen molar-refractivity contribution in [2.75, 3.05) is 4.72 Å². The van der Waals surface area contributed by atoms with Crippen LogP contribution in [0.1, 0.15) is 19.0 Å². The van der Waals surface area contributed by atoms with Crippen LogP contribution in [0.25, 0.3) is 0 Å². The first kappa shape index (κ1) is 11.5. The van der Waals surface area contributed by atoms with Crippen LogP contribution in [-0.4, -0.2) is 18.8 Å². The van der Waals surface area contributed by atoms with Crippen LogP contribution in [0.3, 0.4) is 0 Å². The van der Waals surface area contributed by atoms with Crippen LogP contribution >= 0.6 is 0 Å². The second-order valence-electron chi connectivity index (χ2n) is 3.01. The summed E-state index contributed by atoms with van der Waals surface area (Å²) in [6.07, 6.45) is 0.221. The van der Waals surface area contributed by atoms with Crippen LogP contribution in [-0.2, 0) is 10.0 Å². The fraction of sp³-hybridized carbons (Fsp3) is 0.500. The normalized spacial score (nSPS) is 13.1. The maximum Gasteiger partial charge on any atom is 0.251 e. The van der Waals surface area contributed by atoms with E-state index in [1.54, 1.807) is 19.9 Å². The molecule has 1 unspecified atom stereocenters. The van der Waals surface area contributed by atoms with E-state index < -0.39 is 15.3 Å². The Hall–Kier alpha value is -1.55. The maximum atomic E-state index is 11.6. The highest BCUT2D eigenvalue weighted by Crippen LogP contribution is 2.14.